The molecule has 0 atom stereocenters. The number of hydrogen-bond donors (Lipinski definition) is 1. The van der Waals surface area contributed by atoms with Crippen LogP contribution in [-0.2, 0) is 19.1 Å². The summed E-state index contributed by atoms with van der Waals surface area (Å²) in [6.45, 7) is 1.38. The summed E-state index contributed by atoms with van der Waals surface area (Å²) in [5.41, 5.74) is 1.37. The number of esters is 1. The third kappa shape index (κ3) is 4.64. The Morgan fingerprint density at radius 1 is 1.30 bits per heavy atom. The fourth-order valence-corrected chi connectivity index (χ4v) is 2.22. The first-order chi connectivity index (χ1) is 11.0. The smallest absolute Gasteiger partial charge is 0.325 e. The average molecular weight is 318 g/mol. The number of aryl methyl sites for hydroxylation is 1. The highest BCUT2D eigenvalue weighted by molar-refractivity contribution is 5.98. The standard InChI is InChI=1S/C16H18N2O5/c1-11-4-2-5-12(8-11)16(22)17-9-15(21)23-10-14(20)18-7-3-6-13(18)19/h2,4-5,8H,3,6-7,9-10H2,1H3,(H,17,22). The fourth-order valence-electron chi connectivity index (χ4n) is 2.22. The van der Waals surface area contributed by atoms with Gasteiger partial charge in [-0.2, -0.15) is 0 Å². The van der Waals surface area contributed by atoms with Crippen LogP contribution in [0.4, 0.5) is 0 Å². The number of ether oxygens (including phenoxy) is 1. The van der Waals surface area contributed by atoms with Crippen LogP contribution < -0.4 is 5.32 Å². The zero-order valence-electron chi connectivity index (χ0n) is 12.8. The number of likely N-dealkylation sites (tertiary alicyclic amines) is 1. The zero-order valence-corrected chi connectivity index (χ0v) is 12.8. The van der Waals surface area contributed by atoms with Gasteiger partial charge in [0.15, 0.2) is 6.61 Å². The first kappa shape index (κ1) is 16.7. The predicted molar refractivity (Wildman–Crippen MR) is 80.4 cm³/mol. The van der Waals surface area contributed by atoms with E-state index in [2.05, 4.69) is 5.32 Å². The molecule has 1 aromatic carbocycles. The molecule has 3 amide bonds. The summed E-state index contributed by atoms with van der Waals surface area (Å²) in [6, 6.07) is 6.93. The van der Waals surface area contributed by atoms with Crippen molar-refractivity contribution in [1.29, 1.82) is 0 Å². The average Bonchev–Trinajstić information content (AvgIpc) is 2.96. The molecule has 0 unspecified atom stereocenters. The number of hydrogen-bond acceptors (Lipinski definition) is 5. The molecule has 0 aliphatic carbocycles. The van der Waals surface area contributed by atoms with Gasteiger partial charge in [0.05, 0.1) is 0 Å². The summed E-state index contributed by atoms with van der Waals surface area (Å²) < 4.78 is 4.78. The lowest BCUT2D eigenvalue weighted by Crippen LogP contribution is -2.37. The van der Waals surface area contributed by atoms with E-state index in [-0.39, 0.29) is 12.5 Å². The summed E-state index contributed by atoms with van der Waals surface area (Å²) >= 11 is 0. The molecule has 1 aliphatic heterocycles. The second kappa shape index (κ2) is 7.53. The van der Waals surface area contributed by atoms with Gasteiger partial charge in [-0.3, -0.25) is 24.1 Å². The normalized spacial score (nSPS) is 13.8. The molecule has 0 bridgehead atoms. The SMILES string of the molecule is Cc1cccc(C(=O)NCC(=O)OCC(=O)N2CCCC2=O)c1. The van der Waals surface area contributed by atoms with E-state index in [0.29, 0.717) is 24.9 Å². The molecule has 1 aromatic rings. The molecule has 7 heteroatoms. The molecule has 23 heavy (non-hydrogen) atoms. The van der Waals surface area contributed by atoms with E-state index in [1.807, 2.05) is 13.0 Å². The summed E-state index contributed by atoms with van der Waals surface area (Å²) in [4.78, 5) is 47.6. The first-order valence-corrected chi connectivity index (χ1v) is 7.31. The van der Waals surface area contributed by atoms with Crippen LogP contribution in [0.1, 0.15) is 28.8 Å². The van der Waals surface area contributed by atoms with Crippen molar-refractivity contribution in [2.24, 2.45) is 0 Å². The van der Waals surface area contributed by atoms with Gasteiger partial charge in [-0.15, -0.1) is 0 Å². The molecule has 1 aliphatic rings. The molecule has 0 radical (unpaired) electrons. The molecule has 1 saturated heterocycles. The zero-order chi connectivity index (χ0) is 16.8. The van der Waals surface area contributed by atoms with Crippen molar-refractivity contribution in [1.82, 2.24) is 10.2 Å². The number of nitrogens with zero attached hydrogens (tertiary/aromatic N) is 1. The lowest BCUT2D eigenvalue weighted by molar-refractivity contribution is -0.154. The van der Waals surface area contributed by atoms with Crippen molar-refractivity contribution in [2.45, 2.75) is 19.8 Å². The van der Waals surface area contributed by atoms with Crippen molar-refractivity contribution in [2.75, 3.05) is 19.7 Å². The lowest BCUT2D eigenvalue weighted by Gasteiger charge is -2.13. The summed E-state index contributed by atoms with van der Waals surface area (Å²) in [5.74, 6) is -1.91. The number of imide groups is 1. The molecule has 1 heterocycles. The van der Waals surface area contributed by atoms with Crippen LogP contribution in [0.25, 0.3) is 0 Å². The van der Waals surface area contributed by atoms with Crippen LogP contribution in [0.2, 0.25) is 0 Å². The van der Waals surface area contributed by atoms with Crippen molar-refractivity contribution < 1.29 is 23.9 Å². The van der Waals surface area contributed by atoms with Crippen LogP contribution in [0.5, 0.6) is 0 Å². The number of carbonyl (C=O) groups is 4. The van der Waals surface area contributed by atoms with Crippen LogP contribution in [0.3, 0.4) is 0 Å². The van der Waals surface area contributed by atoms with Crippen molar-refractivity contribution >= 4 is 23.7 Å². The second-order valence-electron chi connectivity index (χ2n) is 5.26. The molecular weight excluding hydrogens is 300 g/mol. The van der Waals surface area contributed by atoms with E-state index in [4.69, 9.17) is 4.74 Å². The maximum absolute atomic E-state index is 11.9. The molecular formula is C16H18N2O5. The van der Waals surface area contributed by atoms with E-state index in [9.17, 15) is 19.2 Å². The molecule has 0 aromatic heterocycles. The number of nitrogens with one attached hydrogen (secondary N) is 1. The van der Waals surface area contributed by atoms with Gasteiger partial charge in [0, 0.05) is 18.5 Å². The van der Waals surface area contributed by atoms with Crippen LogP contribution in [-0.4, -0.2) is 48.3 Å². The highest BCUT2D eigenvalue weighted by atomic mass is 16.5. The highest BCUT2D eigenvalue weighted by Crippen LogP contribution is 2.09. The van der Waals surface area contributed by atoms with E-state index in [0.717, 1.165) is 10.5 Å². The Kier molecular flexibility index (Phi) is 5.46. The molecule has 0 spiro atoms. The minimum atomic E-state index is -0.731. The number of amides is 3. The lowest BCUT2D eigenvalue weighted by atomic mass is 10.1. The number of carbonyl (C=O) groups excluding carboxylic acids is 4. The van der Waals surface area contributed by atoms with Crippen LogP contribution in [0, 0.1) is 6.92 Å². The highest BCUT2D eigenvalue weighted by Gasteiger charge is 2.26. The molecule has 122 valence electrons. The van der Waals surface area contributed by atoms with E-state index in [1.54, 1.807) is 18.2 Å². The Morgan fingerprint density at radius 3 is 2.74 bits per heavy atom. The Balaban J connectivity index is 1.73. The van der Waals surface area contributed by atoms with Crippen LogP contribution >= 0.6 is 0 Å². The van der Waals surface area contributed by atoms with Gasteiger partial charge >= 0.3 is 5.97 Å². The molecule has 7 nitrogen and oxygen atoms in total. The summed E-state index contributed by atoms with van der Waals surface area (Å²) in [6.07, 6.45) is 0.970. The monoisotopic (exact) mass is 318 g/mol. The van der Waals surface area contributed by atoms with Gasteiger partial charge in [-0.25, -0.2) is 0 Å². The maximum Gasteiger partial charge on any atom is 0.325 e. The van der Waals surface area contributed by atoms with Crippen molar-refractivity contribution in [3.63, 3.8) is 0 Å². The third-order valence-electron chi connectivity index (χ3n) is 3.40. The van der Waals surface area contributed by atoms with Gasteiger partial charge < -0.3 is 10.1 Å². The minimum absolute atomic E-state index is 0.251. The van der Waals surface area contributed by atoms with Gasteiger partial charge in [0.2, 0.25) is 5.91 Å². The first-order valence-electron chi connectivity index (χ1n) is 7.31. The van der Waals surface area contributed by atoms with Gasteiger partial charge in [-0.1, -0.05) is 17.7 Å². The van der Waals surface area contributed by atoms with E-state index >= 15 is 0 Å². The molecule has 2 rings (SSSR count). The summed E-state index contributed by atoms with van der Waals surface area (Å²) in [5, 5.41) is 2.42. The Bertz CT molecular complexity index is 641. The number of benzene rings is 1. The Morgan fingerprint density at radius 2 is 2.09 bits per heavy atom. The molecule has 1 N–H and O–H groups in total. The predicted octanol–water partition coefficient (Wildman–Crippen LogP) is 0.417. The summed E-state index contributed by atoms with van der Waals surface area (Å²) in [7, 11) is 0. The Labute approximate surface area is 133 Å². The topological polar surface area (TPSA) is 92.8 Å². The van der Waals surface area contributed by atoms with Gasteiger partial charge in [0.25, 0.3) is 11.8 Å². The van der Waals surface area contributed by atoms with Crippen molar-refractivity contribution in [3.05, 3.63) is 35.4 Å². The molecule has 1 fully saturated rings. The minimum Gasteiger partial charge on any atom is -0.454 e. The molecule has 0 saturated carbocycles. The quantitative estimate of drug-likeness (QED) is 0.794. The van der Waals surface area contributed by atoms with Gasteiger partial charge in [-0.05, 0) is 25.5 Å². The van der Waals surface area contributed by atoms with E-state index in [1.165, 1.54) is 0 Å². The largest absolute Gasteiger partial charge is 0.454 e. The van der Waals surface area contributed by atoms with Gasteiger partial charge in [0.1, 0.15) is 6.54 Å². The third-order valence-corrected chi connectivity index (χ3v) is 3.40. The van der Waals surface area contributed by atoms with Crippen LogP contribution in [0.15, 0.2) is 24.3 Å². The van der Waals surface area contributed by atoms with Crippen molar-refractivity contribution in [3.8, 4) is 0 Å². The number of rotatable bonds is 5. The fraction of sp³-hybridized carbons (Fsp3) is 0.375. The Hall–Kier alpha value is -2.70. The second-order valence-corrected chi connectivity index (χ2v) is 5.26. The van der Waals surface area contributed by atoms with E-state index < -0.39 is 24.4 Å². The maximum atomic E-state index is 11.9.